The monoisotopic (exact) mass is 260 g/mol. The zero-order valence-corrected chi connectivity index (χ0v) is 12.2. The molecule has 1 aliphatic heterocycles. The van der Waals surface area contributed by atoms with Gasteiger partial charge in [0.2, 0.25) is 0 Å². The Morgan fingerprint density at radius 3 is 2.68 bits per heavy atom. The molecule has 0 amide bonds. The second kappa shape index (κ2) is 6.71. The molecule has 0 saturated carbocycles. The fraction of sp³-hybridized carbons (Fsp3) is 0.562. The van der Waals surface area contributed by atoms with E-state index in [0.717, 1.165) is 32.5 Å². The largest absolute Gasteiger partial charge is 0.381 e. The highest BCUT2D eigenvalue weighted by Gasteiger charge is 2.19. The highest BCUT2D eigenvalue weighted by Crippen LogP contribution is 2.27. The maximum absolute atomic E-state index is 5.43. The van der Waals surface area contributed by atoms with Gasteiger partial charge in [-0.2, -0.15) is 5.10 Å². The fourth-order valence-electron chi connectivity index (χ4n) is 2.67. The molecule has 0 bridgehead atoms. The molecule has 0 atom stereocenters. The fourth-order valence-corrected chi connectivity index (χ4v) is 2.67. The second-order valence-corrected chi connectivity index (χ2v) is 4.64. The second-order valence-electron chi connectivity index (χ2n) is 4.64. The summed E-state index contributed by atoms with van der Waals surface area (Å²) in [5.74, 6) is 0. The Bertz CT molecular complexity index is 512. The van der Waals surface area contributed by atoms with Gasteiger partial charge in [0.1, 0.15) is 0 Å². The van der Waals surface area contributed by atoms with E-state index in [9.17, 15) is 0 Å². The first kappa shape index (κ1) is 14.1. The smallest absolute Gasteiger partial charge is 0.0717 e. The highest BCUT2D eigenvalue weighted by atomic mass is 16.5. The quantitative estimate of drug-likeness (QED) is 0.816. The van der Waals surface area contributed by atoms with Crippen molar-refractivity contribution in [1.29, 1.82) is 0 Å². The van der Waals surface area contributed by atoms with E-state index < -0.39 is 0 Å². The van der Waals surface area contributed by atoms with E-state index >= 15 is 0 Å². The summed E-state index contributed by atoms with van der Waals surface area (Å²) < 4.78 is 7.64. The van der Waals surface area contributed by atoms with E-state index in [2.05, 4.69) is 34.9 Å². The normalized spacial score (nSPS) is 16.2. The van der Waals surface area contributed by atoms with Crippen LogP contribution in [0.1, 0.15) is 45.2 Å². The SMILES string of the molecule is CC.CCc1cccc2cnn(C3CCOCC3)c12. The molecule has 2 heterocycles. The number of rotatable bonds is 2. The van der Waals surface area contributed by atoms with Crippen LogP contribution < -0.4 is 0 Å². The van der Waals surface area contributed by atoms with Crippen LogP contribution in [0.4, 0.5) is 0 Å². The molecule has 1 aliphatic rings. The third kappa shape index (κ3) is 2.81. The lowest BCUT2D eigenvalue weighted by Gasteiger charge is -2.23. The maximum atomic E-state index is 5.43. The lowest BCUT2D eigenvalue weighted by Crippen LogP contribution is -2.20. The average Bonchev–Trinajstić information content (AvgIpc) is 2.94. The lowest BCUT2D eigenvalue weighted by molar-refractivity contribution is 0.0674. The minimum absolute atomic E-state index is 0.508. The predicted molar refractivity (Wildman–Crippen MR) is 79.5 cm³/mol. The number of ether oxygens (including phenoxy) is 1. The molecule has 0 aliphatic carbocycles. The summed E-state index contributed by atoms with van der Waals surface area (Å²) in [7, 11) is 0. The first-order valence-electron chi connectivity index (χ1n) is 7.43. The molecule has 1 aromatic carbocycles. The van der Waals surface area contributed by atoms with E-state index in [-0.39, 0.29) is 0 Å². The highest BCUT2D eigenvalue weighted by molar-refractivity contribution is 5.82. The van der Waals surface area contributed by atoms with Crippen LogP contribution in [0.5, 0.6) is 0 Å². The van der Waals surface area contributed by atoms with Gasteiger partial charge in [-0.25, -0.2) is 0 Å². The summed E-state index contributed by atoms with van der Waals surface area (Å²) in [6.07, 6.45) is 5.21. The first-order chi connectivity index (χ1) is 9.40. The van der Waals surface area contributed by atoms with Gasteiger partial charge in [0.25, 0.3) is 0 Å². The number of aromatic nitrogens is 2. The van der Waals surface area contributed by atoms with Crippen molar-refractivity contribution in [2.75, 3.05) is 13.2 Å². The van der Waals surface area contributed by atoms with Crippen molar-refractivity contribution in [3.05, 3.63) is 30.0 Å². The summed E-state index contributed by atoms with van der Waals surface area (Å²) in [6, 6.07) is 6.99. The van der Waals surface area contributed by atoms with Crippen LogP contribution in [0.2, 0.25) is 0 Å². The minimum atomic E-state index is 0.508. The summed E-state index contributed by atoms with van der Waals surface area (Å²) in [5.41, 5.74) is 2.72. The molecule has 19 heavy (non-hydrogen) atoms. The van der Waals surface area contributed by atoms with Crippen molar-refractivity contribution in [3.8, 4) is 0 Å². The minimum Gasteiger partial charge on any atom is -0.381 e. The molecule has 1 aromatic heterocycles. The Kier molecular flexibility index (Phi) is 4.97. The zero-order valence-electron chi connectivity index (χ0n) is 12.2. The Labute approximate surface area is 115 Å². The Morgan fingerprint density at radius 1 is 1.26 bits per heavy atom. The van der Waals surface area contributed by atoms with Crippen molar-refractivity contribution in [2.45, 2.75) is 46.1 Å². The molecule has 1 saturated heterocycles. The lowest BCUT2D eigenvalue weighted by atomic mass is 10.1. The summed E-state index contributed by atoms with van der Waals surface area (Å²) >= 11 is 0. The predicted octanol–water partition coefficient (Wildman–Crippen LogP) is 3.98. The van der Waals surface area contributed by atoms with Gasteiger partial charge in [-0.1, -0.05) is 39.0 Å². The Hall–Kier alpha value is -1.35. The van der Waals surface area contributed by atoms with Crippen molar-refractivity contribution in [1.82, 2.24) is 9.78 Å². The third-order valence-electron chi connectivity index (χ3n) is 3.62. The number of hydrogen-bond acceptors (Lipinski definition) is 2. The van der Waals surface area contributed by atoms with Crippen LogP contribution in [-0.4, -0.2) is 23.0 Å². The average molecular weight is 260 g/mol. The van der Waals surface area contributed by atoms with Gasteiger partial charge in [0.05, 0.1) is 17.8 Å². The van der Waals surface area contributed by atoms with Crippen LogP contribution in [-0.2, 0) is 11.2 Å². The van der Waals surface area contributed by atoms with Gasteiger partial charge in [-0.15, -0.1) is 0 Å². The standard InChI is InChI=1S/C14H18N2O.C2H6/c1-2-11-4-3-5-12-10-15-16(14(11)12)13-6-8-17-9-7-13;1-2/h3-5,10,13H,2,6-9H2,1H3;1-2H3. The van der Waals surface area contributed by atoms with Gasteiger partial charge in [-0.05, 0) is 24.8 Å². The number of nitrogens with zero attached hydrogens (tertiary/aromatic N) is 2. The van der Waals surface area contributed by atoms with Crippen molar-refractivity contribution in [2.24, 2.45) is 0 Å². The van der Waals surface area contributed by atoms with E-state index in [1.54, 1.807) is 0 Å². The van der Waals surface area contributed by atoms with Gasteiger partial charge in [0, 0.05) is 18.6 Å². The molecule has 0 N–H and O–H groups in total. The number of para-hydroxylation sites is 1. The van der Waals surface area contributed by atoms with Gasteiger partial charge in [-0.3, -0.25) is 4.68 Å². The summed E-state index contributed by atoms with van der Waals surface area (Å²) in [4.78, 5) is 0. The van der Waals surface area contributed by atoms with Crippen LogP contribution in [0, 0.1) is 0 Å². The zero-order chi connectivity index (χ0) is 13.7. The molecular weight excluding hydrogens is 236 g/mol. The molecule has 0 radical (unpaired) electrons. The molecule has 3 heteroatoms. The van der Waals surface area contributed by atoms with Crippen LogP contribution in [0.15, 0.2) is 24.4 Å². The van der Waals surface area contributed by atoms with Crippen molar-refractivity contribution < 1.29 is 4.74 Å². The molecule has 104 valence electrons. The molecule has 0 unspecified atom stereocenters. The topological polar surface area (TPSA) is 27.1 Å². The third-order valence-corrected chi connectivity index (χ3v) is 3.62. The van der Waals surface area contributed by atoms with E-state index in [1.807, 2.05) is 20.0 Å². The van der Waals surface area contributed by atoms with E-state index in [4.69, 9.17) is 4.74 Å². The van der Waals surface area contributed by atoms with Crippen LogP contribution in [0.3, 0.4) is 0 Å². The number of fused-ring (bicyclic) bond motifs is 1. The summed E-state index contributed by atoms with van der Waals surface area (Å²) in [5, 5.41) is 5.85. The molecule has 3 nitrogen and oxygen atoms in total. The van der Waals surface area contributed by atoms with Gasteiger partial charge in [0.15, 0.2) is 0 Å². The summed E-state index contributed by atoms with van der Waals surface area (Å²) in [6.45, 7) is 7.93. The number of benzene rings is 1. The van der Waals surface area contributed by atoms with Crippen LogP contribution >= 0.6 is 0 Å². The molecule has 2 aromatic rings. The number of aryl methyl sites for hydroxylation is 1. The van der Waals surface area contributed by atoms with Gasteiger partial charge >= 0.3 is 0 Å². The first-order valence-corrected chi connectivity index (χ1v) is 7.43. The maximum Gasteiger partial charge on any atom is 0.0717 e. The molecule has 0 spiro atoms. The Balaban J connectivity index is 0.000000637. The molecule has 1 fully saturated rings. The molecule has 3 rings (SSSR count). The number of hydrogen-bond donors (Lipinski definition) is 0. The Morgan fingerprint density at radius 2 is 2.00 bits per heavy atom. The van der Waals surface area contributed by atoms with Crippen molar-refractivity contribution >= 4 is 10.9 Å². The van der Waals surface area contributed by atoms with Crippen molar-refractivity contribution in [3.63, 3.8) is 0 Å². The van der Waals surface area contributed by atoms with E-state index in [0.29, 0.717) is 6.04 Å². The van der Waals surface area contributed by atoms with Gasteiger partial charge < -0.3 is 4.74 Å². The van der Waals surface area contributed by atoms with Crippen LogP contribution in [0.25, 0.3) is 10.9 Å². The molecular formula is C16H24N2O. The van der Waals surface area contributed by atoms with E-state index in [1.165, 1.54) is 16.5 Å².